The van der Waals surface area contributed by atoms with Gasteiger partial charge in [0.25, 0.3) is 0 Å². The van der Waals surface area contributed by atoms with Crippen molar-refractivity contribution < 1.29 is 5.11 Å². The van der Waals surface area contributed by atoms with Gasteiger partial charge < -0.3 is 15.4 Å². The minimum atomic E-state index is -0.209. The van der Waals surface area contributed by atoms with Crippen molar-refractivity contribution in [3.05, 3.63) is 72.1 Å². The molecule has 0 aliphatic rings. The molecule has 0 saturated heterocycles. The molecule has 3 aromatic heterocycles. The molecule has 5 heteroatoms. The van der Waals surface area contributed by atoms with E-state index in [-0.39, 0.29) is 12.1 Å². The predicted molar refractivity (Wildman–Crippen MR) is 118 cm³/mol. The lowest BCUT2D eigenvalue weighted by Crippen LogP contribution is -2.38. The third-order valence-corrected chi connectivity index (χ3v) is 5.28. The quantitative estimate of drug-likeness (QED) is 0.459. The normalized spacial score (nSPS) is 11.9. The molecule has 0 bridgehead atoms. The Balaban J connectivity index is 1.76. The highest BCUT2D eigenvalue weighted by atomic mass is 16.3. The molecule has 4 rings (SSSR count). The van der Waals surface area contributed by atoms with E-state index in [0.717, 1.165) is 39.2 Å². The van der Waals surface area contributed by atoms with E-state index < -0.39 is 0 Å². The number of nitrogens with one attached hydrogen (secondary N) is 2. The minimum Gasteiger partial charge on any atom is -0.395 e. The number of fused-ring (bicyclic) bond motifs is 1. The first kappa shape index (κ1) is 19.3. The van der Waals surface area contributed by atoms with Gasteiger partial charge in [0, 0.05) is 29.4 Å². The second-order valence-electron chi connectivity index (χ2n) is 7.81. The van der Waals surface area contributed by atoms with Crippen molar-refractivity contribution in [1.82, 2.24) is 20.3 Å². The molecule has 3 heterocycles. The topological polar surface area (TPSA) is 73.8 Å². The summed E-state index contributed by atoms with van der Waals surface area (Å²) in [6.07, 6.45) is 1.92. The summed E-state index contributed by atoms with van der Waals surface area (Å²) in [7, 11) is 0. The van der Waals surface area contributed by atoms with Gasteiger partial charge in [-0.05, 0) is 61.7 Å². The monoisotopic (exact) mass is 386 g/mol. The molecule has 29 heavy (non-hydrogen) atoms. The fraction of sp³-hybridized carbons (Fsp3) is 0.250. The van der Waals surface area contributed by atoms with Gasteiger partial charge in [-0.25, -0.2) is 4.98 Å². The number of H-pyrrole nitrogens is 1. The summed E-state index contributed by atoms with van der Waals surface area (Å²) in [5, 5.41) is 13.6. The molecule has 0 saturated carbocycles. The van der Waals surface area contributed by atoms with E-state index in [9.17, 15) is 0 Å². The van der Waals surface area contributed by atoms with Gasteiger partial charge in [0.2, 0.25) is 0 Å². The van der Waals surface area contributed by atoms with Crippen LogP contribution in [0.3, 0.4) is 0 Å². The molecule has 3 N–H and O–H groups in total. The second kappa shape index (κ2) is 7.78. The SMILES string of the molecule is Cc1cccc(-c2cc(-c3ccc(C(C)(C)NCCO)cc3)c3cc[nH]c3n2)n1. The molecule has 5 nitrogen and oxygen atoms in total. The van der Waals surface area contributed by atoms with Gasteiger partial charge >= 0.3 is 0 Å². The Morgan fingerprint density at radius 1 is 1.00 bits per heavy atom. The molecule has 4 aromatic rings. The number of aryl methyl sites for hydroxylation is 1. The highest BCUT2D eigenvalue weighted by Crippen LogP contribution is 2.32. The number of aromatic nitrogens is 3. The van der Waals surface area contributed by atoms with Crippen LogP contribution in [0.15, 0.2) is 60.8 Å². The molecule has 0 amide bonds. The first-order valence-electron chi connectivity index (χ1n) is 9.87. The molecule has 0 radical (unpaired) electrons. The number of aliphatic hydroxyl groups excluding tert-OH is 1. The number of hydrogen-bond donors (Lipinski definition) is 3. The van der Waals surface area contributed by atoms with E-state index in [2.05, 4.69) is 65.5 Å². The first-order chi connectivity index (χ1) is 14.0. The van der Waals surface area contributed by atoms with Gasteiger partial charge in [-0.15, -0.1) is 0 Å². The molecule has 1 aromatic carbocycles. The zero-order chi connectivity index (χ0) is 20.4. The highest BCUT2D eigenvalue weighted by Gasteiger charge is 2.19. The van der Waals surface area contributed by atoms with E-state index in [4.69, 9.17) is 10.1 Å². The van der Waals surface area contributed by atoms with Crippen LogP contribution in [0.4, 0.5) is 0 Å². The number of hydrogen-bond acceptors (Lipinski definition) is 4. The third kappa shape index (κ3) is 3.92. The molecular weight excluding hydrogens is 360 g/mol. The van der Waals surface area contributed by atoms with E-state index in [0.29, 0.717) is 6.54 Å². The average molecular weight is 386 g/mol. The zero-order valence-electron chi connectivity index (χ0n) is 17.0. The Hall–Kier alpha value is -3.02. The largest absolute Gasteiger partial charge is 0.395 e. The molecular formula is C24H26N4O. The van der Waals surface area contributed by atoms with Crippen molar-refractivity contribution >= 4 is 11.0 Å². The van der Waals surface area contributed by atoms with Gasteiger partial charge in [0.1, 0.15) is 5.65 Å². The van der Waals surface area contributed by atoms with Gasteiger partial charge in [0.15, 0.2) is 0 Å². The molecule has 0 fully saturated rings. The van der Waals surface area contributed by atoms with Gasteiger partial charge in [0.05, 0.1) is 18.0 Å². The maximum absolute atomic E-state index is 9.11. The fourth-order valence-corrected chi connectivity index (χ4v) is 3.63. The van der Waals surface area contributed by atoms with Crippen molar-refractivity contribution in [2.75, 3.05) is 13.2 Å². The van der Waals surface area contributed by atoms with Crippen LogP contribution >= 0.6 is 0 Å². The maximum Gasteiger partial charge on any atom is 0.138 e. The Morgan fingerprint density at radius 2 is 1.79 bits per heavy atom. The minimum absolute atomic E-state index is 0.125. The van der Waals surface area contributed by atoms with Gasteiger partial charge in [-0.1, -0.05) is 30.3 Å². The Kier molecular flexibility index (Phi) is 5.18. The summed E-state index contributed by atoms with van der Waals surface area (Å²) in [5.74, 6) is 0. The lowest BCUT2D eigenvalue weighted by atomic mass is 9.92. The van der Waals surface area contributed by atoms with Crippen LogP contribution in [0.5, 0.6) is 0 Å². The molecule has 0 unspecified atom stereocenters. The number of pyridine rings is 2. The van der Waals surface area contributed by atoms with Gasteiger partial charge in [-0.3, -0.25) is 4.98 Å². The smallest absolute Gasteiger partial charge is 0.138 e. The number of aromatic amines is 1. The predicted octanol–water partition coefficient (Wildman–Crippen LogP) is 4.42. The summed E-state index contributed by atoms with van der Waals surface area (Å²) in [6, 6.07) is 18.7. The zero-order valence-corrected chi connectivity index (χ0v) is 17.0. The number of benzene rings is 1. The van der Waals surface area contributed by atoms with Crippen LogP contribution in [-0.2, 0) is 5.54 Å². The van der Waals surface area contributed by atoms with Gasteiger partial charge in [-0.2, -0.15) is 0 Å². The summed E-state index contributed by atoms with van der Waals surface area (Å²) in [5.41, 5.74) is 6.78. The Morgan fingerprint density at radius 3 is 2.52 bits per heavy atom. The van der Waals surface area contributed by atoms with Crippen LogP contribution in [0.1, 0.15) is 25.1 Å². The number of aliphatic hydroxyl groups is 1. The number of rotatable bonds is 6. The first-order valence-corrected chi connectivity index (χ1v) is 9.87. The molecule has 0 aliphatic carbocycles. The fourth-order valence-electron chi connectivity index (χ4n) is 3.63. The second-order valence-corrected chi connectivity index (χ2v) is 7.81. The van der Waals surface area contributed by atoms with Crippen molar-refractivity contribution in [1.29, 1.82) is 0 Å². The van der Waals surface area contributed by atoms with E-state index >= 15 is 0 Å². The summed E-state index contributed by atoms with van der Waals surface area (Å²) < 4.78 is 0. The lowest BCUT2D eigenvalue weighted by molar-refractivity contribution is 0.267. The summed E-state index contributed by atoms with van der Waals surface area (Å²) in [6.45, 7) is 6.92. The third-order valence-electron chi connectivity index (χ3n) is 5.28. The molecule has 0 atom stereocenters. The van der Waals surface area contributed by atoms with Crippen LogP contribution in [0.25, 0.3) is 33.5 Å². The van der Waals surface area contributed by atoms with Crippen LogP contribution < -0.4 is 5.32 Å². The lowest BCUT2D eigenvalue weighted by Gasteiger charge is -2.27. The standard InChI is InChI=1S/C24H26N4O/c1-16-5-4-6-21(27-16)22-15-20(19-11-12-25-23(19)28-22)17-7-9-18(10-8-17)24(2,3)26-13-14-29/h4-12,15,26,29H,13-14H2,1-3H3,(H,25,28). The molecule has 0 aliphatic heterocycles. The Bertz CT molecular complexity index is 1130. The maximum atomic E-state index is 9.11. The van der Waals surface area contributed by atoms with Crippen LogP contribution in [-0.4, -0.2) is 33.2 Å². The van der Waals surface area contributed by atoms with Crippen molar-refractivity contribution in [2.45, 2.75) is 26.3 Å². The van der Waals surface area contributed by atoms with E-state index in [1.54, 1.807) is 0 Å². The number of nitrogens with zero attached hydrogens (tertiary/aromatic N) is 2. The van der Waals surface area contributed by atoms with Crippen molar-refractivity contribution in [3.63, 3.8) is 0 Å². The van der Waals surface area contributed by atoms with Crippen LogP contribution in [0, 0.1) is 6.92 Å². The van der Waals surface area contributed by atoms with Crippen LogP contribution in [0.2, 0.25) is 0 Å². The molecule has 0 spiro atoms. The average Bonchev–Trinajstić information content (AvgIpc) is 3.20. The summed E-state index contributed by atoms with van der Waals surface area (Å²) in [4.78, 5) is 12.7. The highest BCUT2D eigenvalue weighted by molar-refractivity contribution is 5.95. The van der Waals surface area contributed by atoms with Crippen molar-refractivity contribution in [3.8, 4) is 22.5 Å². The van der Waals surface area contributed by atoms with Crippen molar-refractivity contribution in [2.24, 2.45) is 0 Å². The van der Waals surface area contributed by atoms with E-state index in [1.165, 1.54) is 5.56 Å². The molecule has 148 valence electrons. The Labute approximate surface area is 170 Å². The summed E-state index contributed by atoms with van der Waals surface area (Å²) >= 11 is 0. The van der Waals surface area contributed by atoms with E-state index in [1.807, 2.05) is 31.3 Å².